The molecule has 0 aromatic rings. The van der Waals surface area contributed by atoms with Gasteiger partial charge in [-0.3, -0.25) is 0 Å². The van der Waals surface area contributed by atoms with Crippen LogP contribution in [0.3, 0.4) is 0 Å². The quantitative estimate of drug-likeness (QED) is 0.636. The van der Waals surface area contributed by atoms with Crippen LogP contribution in [0.4, 0.5) is 0 Å². The third kappa shape index (κ3) is 1.71. The summed E-state index contributed by atoms with van der Waals surface area (Å²) in [7, 11) is 0. The Morgan fingerprint density at radius 3 is 2.89 bits per heavy atom. The Balaban J connectivity index is 2.72. The fraction of sp³-hybridized carbons (Fsp3) is 0.429. The lowest BCUT2D eigenvalue weighted by Gasteiger charge is -2.08. The van der Waals surface area contributed by atoms with Crippen LogP contribution < -0.4 is 0 Å². The van der Waals surface area contributed by atoms with Gasteiger partial charge in [-0.1, -0.05) is 12.2 Å². The van der Waals surface area contributed by atoms with Crippen molar-refractivity contribution in [3.8, 4) is 0 Å². The van der Waals surface area contributed by atoms with Crippen molar-refractivity contribution in [3.63, 3.8) is 0 Å². The molecule has 0 aromatic heterocycles. The van der Waals surface area contributed by atoms with Gasteiger partial charge < -0.3 is 3.07 Å². The Morgan fingerprint density at radius 2 is 2.44 bits per heavy atom. The zero-order valence-corrected chi connectivity index (χ0v) is 7.51. The predicted octanol–water partition coefficient (Wildman–Crippen LogP) is 2.98. The van der Waals surface area contributed by atoms with E-state index in [1.165, 1.54) is 5.57 Å². The summed E-state index contributed by atoms with van der Waals surface area (Å²) < 4.78 is 5.10. The summed E-state index contributed by atoms with van der Waals surface area (Å²) in [6.45, 7) is 2.07. The fourth-order valence-corrected chi connectivity index (χ4v) is 1.43. The van der Waals surface area contributed by atoms with Crippen molar-refractivity contribution in [2.24, 2.45) is 0 Å². The smallest absolute Gasteiger partial charge is 0.192 e. The first-order valence-corrected chi connectivity index (χ1v) is 3.87. The molecule has 9 heavy (non-hydrogen) atoms. The predicted molar refractivity (Wildman–Crippen MR) is 46.2 cm³/mol. The summed E-state index contributed by atoms with van der Waals surface area (Å²) in [5.41, 5.74) is 1.26. The molecule has 0 N–H and O–H groups in total. The zero-order chi connectivity index (χ0) is 6.69. The molecule has 0 heterocycles. The van der Waals surface area contributed by atoms with Gasteiger partial charge in [-0.2, -0.15) is 0 Å². The lowest BCUT2D eigenvalue weighted by molar-refractivity contribution is 0.515. The Bertz CT molecular complexity index is 158. The first-order valence-electron chi connectivity index (χ1n) is 2.99. The molecule has 0 atom stereocenters. The zero-order valence-electron chi connectivity index (χ0n) is 5.36. The molecular formula is C7H9IO. The van der Waals surface area contributed by atoms with E-state index in [1.807, 2.05) is 23.0 Å². The fourth-order valence-electron chi connectivity index (χ4n) is 0.864. The average molecular weight is 236 g/mol. The Kier molecular flexibility index (Phi) is 2.57. The topological polar surface area (TPSA) is 9.23 Å². The van der Waals surface area contributed by atoms with Crippen LogP contribution in [0.25, 0.3) is 0 Å². The second kappa shape index (κ2) is 3.25. The van der Waals surface area contributed by atoms with E-state index < -0.39 is 0 Å². The molecule has 1 aliphatic carbocycles. The first kappa shape index (κ1) is 7.12. The number of hydrogen-bond acceptors (Lipinski definition) is 1. The molecule has 1 aliphatic rings. The van der Waals surface area contributed by atoms with Crippen molar-refractivity contribution in [1.29, 1.82) is 0 Å². The molecule has 2 heteroatoms. The van der Waals surface area contributed by atoms with E-state index >= 15 is 0 Å². The van der Waals surface area contributed by atoms with Gasteiger partial charge in [0.2, 0.25) is 0 Å². The van der Waals surface area contributed by atoms with Crippen LogP contribution in [-0.4, -0.2) is 0 Å². The SMILES string of the molecule is CC1=C(OI)CCC=C1. The van der Waals surface area contributed by atoms with Crippen LogP contribution in [0.2, 0.25) is 0 Å². The highest BCUT2D eigenvalue weighted by Crippen LogP contribution is 2.20. The van der Waals surface area contributed by atoms with Crippen molar-refractivity contribution >= 4 is 23.0 Å². The number of allylic oxidation sites excluding steroid dienone is 4. The van der Waals surface area contributed by atoms with E-state index in [2.05, 4.69) is 19.1 Å². The van der Waals surface area contributed by atoms with Crippen LogP contribution in [0.15, 0.2) is 23.5 Å². The minimum absolute atomic E-state index is 1.06. The summed E-state index contributed by atoms with van der Waals surface area (Å²) >= 11 is 1.93. The van der Waals surface area contributed by atoms with Gasteiger partial charge >= 0.3 is 0 Å². The van der Waals surface area contributed by atoms with E-state index in [1.54, 1.807) is 0 Å². The third-order valence-corrected chi connectivity index (χ3v) is 1.97. The summed E-state index contributed by atoms with van der Waals surface area (Å²) in [6.07, 6.45) is 6.47. The Hall–Kier alpha value is 0.01000. The van der Waals surface area contributed by atoms with Gasteiger partial charge in [0.25, 0.3) is 0 Å². The number of hydrogen-bond donors (Lipinski definition) is 0. The van der Waals surface area contributed by atoms with Crippen molar-refractivity contribution < 1.29 is 3.07 Å². The van der Waals surface area contributed by atoms with Gasteiger partial charge in [0.05, 0.1) is 0 Å². The summed E-state index contributed by atoms with van der Waals surface area (Å²) in [4.78, 5) is 0. The molecule has 0 unspecified atom stereocenters. The molecule has 0 fully saturated rings. The number of rotatable bonds is 1. The number of halogens is 1. The maximum Gasteiger partial charge on any atom is 0.192 e. The minimum atomic E-state index is 1.06. The molecule has 1 nitrogen and oxygen atoms in total. The van der Waals surface area contributed by atoms with Crippen LogP contribution in [0.1, 0.15) is 19.8 Å². The van der Waals surface area contributed by atoms with Gasteiger partial charge in [0.1, 0.15) is 5.76 Å². The average Bonchev–Trinajstić information content (AvgIpc) is 1.89. The molecule has 0 amide bonds. The molecule has 0 aromatic carbocycles. The first-order chi connectivity index (χ1) is 4.34. The highest BCUT2D eigenvalue weighted by molar-refractivity contribution is 14.1. The second-order valence-electron chi connectivity index (χ2n) is 2.12. The van der Waals surface area contributed by atoms with Crippen LogP contribution >= 0.6 is 23.0 Å². The minimum Gasteiger partial charge on any atom is -0.432 e. The highest BCUT2D eigenvalue weighted by atomic mass is 127. The van der Waals surface area contributed by atoms with E-state index in [9.17, 15) is 0 Å². The summed E-state index contributed by atoms with van der Waals surface area (Å²) in [5, 5.41) is 0. The molecule has 0 aliphatic heterocycles. The van der Waals surface area contributed by atoms with Crippen LogP contribution in [0.5, 0.6) is 0 Å². The normalized spacial score (nSPS) is 18.4. The van der Waals surface area contributed by atoms with Gasteiger partial charge in [0.15, 0.2) is 23.0 Å². The van der Waals surface area contributed by atoms with Gasteiger partial charge in [-0.05, 0) is 18.9 Å². The maximum absolute atomic E-state index is 5.10. The monoisotopic (exact) mass is 236 g/mol. The third-order valence-electron chi connectivity index (χ3n) is 1.44. The largest absolute Gasteiger partial charge is 0.432 e. The second-order valence-corrected chi connectivity index (χ2v) is 2.56. The summed E-state index contributed by atoms with van der Waals surface area (Å²) in [6, 6.07) is 0. The van der Waals surface area contributed by atoms with Gasteiger partial charge in [0, 0.05) is 6.42 Å². The molecule has 0 saturated heterocycles. The van der Waals surface area contributed by atoms with Gasteiger partial charge in [-0.15, -0.1) is 0 Å². The molecule has 0 bridgehead atoms. The standard InChI is InChI=1S/C7H9IO/c1-6-4-2-3-5-7(6)9-8/h2,4H,3,5H2,1H3. The molecule has 50 valence electrons. The molecular weight excluding hydrogens is 227 g/mol. The highest BCUT2D eigenvalue weighted by Gasteiger charge is 2.03. The van der Waals surface area contributed by atoms with Crippen LogP contribution in [-0.2, 0) is 3.07 Å². The molecule has 0 radical (unpaired) electrons. The maximum atomic E-state index is 5.10. The lowest BCUT2D eigenvalue weighted by Crippen LogP contribution is -1.90. The van der Waals surface area contributed by atoms with E-state index in [0.717, 1.165) is 18.6 Å². The van der Waals surface area contributed by atoms with Gasteiger partial charge in [-0.25, -0.2) is 0 Å². The lowest BCUT2D eigenvalue weighted by atomic mass is 10.1. The Labute approximate surface area is 69.5 Å². The van der Waals surface area contributed by atoms with Crippen molar-refractivity contribution in [2.75, 3.05) is 0 Å². The van der Waals surface area contributed by atoms with E-state index in [-0.39, 0.29) is 0 Å². The van der Waals surface area contributed by atoms with Crippen molar-refractivity contribution in [1.82, 2.24) is 0 Å². The van der Waals surface area contributed by atoms with Crippen LogP contribution in [0, 0.1) is 0 Å². The van der Waals surface area contributed by atoms with Crippen molar-refractivity contribution in [2.45, 2.75) is 19.8 Å². The van der Waals surface area contributed by atoms with Crippen molar-refractivity contribution in [3.05, 3.63) is 23.5 Å². The van der Waals surface area contributed by atoms with E-state index in [0.29, 0.717) is 0 Å². The Morgan fingerprint density at radius 1 is 1.67 bits per heavy atom. The summed E-state index contributed by atoms with van der Waals surface area (Å²) in [5.74, 6) is 1.12. The molecule has 0 spiro atoms. The van der Waals surface area contributed by atoms with E-state index in [4.69, 9.17) is 3.07 Å². The molecule has 1 rings (SSSR count). The molecule has 0 saturated carbocycles.